The van der Waals surface area contributed by atoms with Gasteiger partial charge in [-0.05, 0) is 40.5 Å². The van der Waals surface area contributed by atoms with Gasteiger partial charge in [-0.15, -0.1) is 0 Å². The van der Waals surface area contributed by atoms with E-state index in [0.29, 0.717) is 21.3 Å². The molecule has 0 amide bonds. The number of aromatic amines is 1. The number of nitrogens with one attached hydrogen (secondary N) is 1. The first-order valence-corrected chi connectivity index (χ1v) is 6.31. The second-order valence-corrected chi connectivity index (χ2v) is 4.96. The van der Waals surface area contributed by atoms with Gasteiger partial charge in [0, 0.05) is 17.3 Å². The summed E-state index contributed by atoms with van der Waals surface area (Å²) in [6.45, 7) is 1.64. The highest BCUT2D eigenvalue weighted by molar-refractivity contribution is 9.10. The van der Waals surface area contributed by atoms with Gasteiger partial charge in [0.2, 0.25) is 0 Å². The first-order chi connectivity index (χ1) is 9.43. The van der Waals surface area contributed by atoms with Crippen molar-refractivity contribution < 1.29 is 4.92 Å². The highest BCUT2D eigenvalue weighted by Crippen LogP contribution is 2.29. The second kappa shape index (κ2) is 5.27. The summed E-state index contributed by atoms with van der Waals surface area (Å²) in [6.07, 6.45) is 0. The van der Waals surface area contributed by atoms with Crippen LogP contribution in [0.15, 0.2) is 33.5 Å². The van der Waals surface area contributed by atoms with Crippen LogP contribution in [0.3, 0.4) is 0 Å². The number of hydrogen-bond acceptors (Lipinski definition) is 4. The van der Waals surface area contributed by atoms with E-state index in [1.54, 1.807) is 25.1 Å². The molecule has 7 heteroatoms. The first-order valence-electron chi connectivity index (χ1n) is 5.52. The summed E-state index contributed by atoms with van der Waals surface area (Å²) in [5, 5.41) is 19.7. The highest BCUT2D eigenvalue weighted by Gasteiger charge is 2.14. The molecule has 0 spiro atoms. The number of H-pyrrole nitrogens is 1. The molecule has 1 N–H and O–H groups in total. The van der Waals surface area contributed by atoms with Crippen molar-refractivity contribution in [3.05, 3.63) is 60.3 Å². The van der Waals surface area contributed by atoms with Gasteiger partial charge in [0.05, 0.1) is 9.40 Å². The fourth-order valence-corrected chi connectivity index (χ4v) is 2.19. The van der Waals surface area contributed by atoms with Crippen molar-refractivity contribution in [3.8, 4) is 17.3 Å². The molecule has 0 aliphatic heterocycles. The number of rotatable bonds is 2. The summed E-state index contributed by atoms with van der Waals surface area (Å²) >= 11 is 3.10. The van der Waals surface area contributed by atoms with E-state index in [2.05, 4.69) is 20.9 Å². The van der Waals surface area contributed by atoms with E-state index in [-0.39, 0.29) is 11.3 Å². The molecule has 1 aromatic heterocycles. The molecule has 0 fully saturated rings. The van der Waals surface area contributed by atoms with Crippen LogP contribution in [0, 0.1) is 28.4 Å². The molecular formula is C13H8BrN3O3. The van der Waals surface area contributed by atoms with Gasteiger partial charge in [0.1, 0.15) is 11.6 Å². The number of nitro groups is 1. The van der Waals surface area contributed by atoms with Crippen LogP contribution in [0.2, 0.25) is 0 Å². The Morgan fingerprint density at radius 1 is 1.40 bits per heavy atom. The third-order valence-electron chi connectivity index (χ3n) is 2.80. The Bertz CT molecular complexity index is 805. The van der Waals surface area contributed by atoms with Crippen molar-refractivity contribution >= 4 is 21.6 Å². The molecule has 1 heterocycles. The molecule has 0 aliphatic rings. The van der Waals surface area contributed by atoms with Gasteiger partial charge in [-0.2, -0.15) is 5.26 Å². The van der Waals surface area contributed by atoms with Crippen LogP contribution in [0.25, 0.3) is 11.3 Å². The number of nitrogens with zero attached hydrogens (tertiary/aromatic N) is 2. The van der Waals surface area contributed by atoms with Crippen molar-refractivity contribution in [1.82, 2.24) is 4.98 Å². The quantitative estimate of drug-likeness (QED) is 0.674. The molecule has 0 bridgehead atoms. The zero-order chi connectivity index (χ0) is 14.9. The molecule has 0 aliphatic carbocycles. The summed E-state index contributed by atoms with van der Waals surface area (Å²) in [5.74, 6) is 0. The fourth-order valence-electron chi connectivity index (χ4n) is 1.80. The van der Waals surface area contributed by atoms with Crippen molar-refractivity contribution in [3.63, 3.8) is 0 Å². The van der Waals surface area contributed by atoms with Gasteiger partial charge in [-0.1, -0.05) is 6.07 Å². The number of aromatic nitrogens is 1. The number of aryl methyl sites for hydroxylation is 1. The Morgan fingerprint density at radius 2 is 2.10 bits per heavy atom. The summed E-state index contributed by atoms with van der Waals surface area (Å²) in [5.41, 5.74) is 0.905. The van der Waals surface area contributed by atoms with Gasteiger partial charge in [0.15, 0.2) is 0 Å². The molecule has 0 unspecified atom stereocenters. The maximum atomic E-state index is 11.7. The number of halogens is 1. The summed E-state index contributed by atoms with van der Waals surface area (Å²) in [6, 6.07) is 7.99. The second-order valence-electron chi connectivity index (χ2n) is 4.11. The van der Waals surface area contributed by atoms with E-state index in [0.717, 1.165) is 0 Å². The lowest BCUT2D eigenvalue weighted by molar-refractivity contribution is -0.385. The van der Waals surface area contributed by atoms with E-state index >= 15 is 0 Å². The van der Waals surface area contributed by atoms with Crippen LogP contribution in [0.1, 0.15) is 11.1 Å². The van der Waals surface area contributed by atoms with Gasteiger partial charge in [-0.25, -0.2) is 0 Å². The van der Waals surface area contributed by atoms with Crippen LogP contribution in [0.5, 0.6) is 0 Å². The lowest BCUT2D eigenvalue weighted by Crippen LogP contribution is -2.12. The Balaban J connectivity index is 2.64. The molecule has 6 nitrogen and oxygen atoms in total. The highest BCUT2D eigenvalue weighted by atomic mass is 79.9. The van der Waals surface area contributed by atoms with E-state index in [1.807, 2.05) is 6.07 Å². The number of nitro benzene ring substituents is 1. The number of nitriles is 1. The maximum Gasteiger partial charge on any atom is 0.284 e. The number of pyridine rings is 1. The predicted octanol–water partition coefficient (Wildman–Crippen LogP) is 2.89. The Kier molecular flexibility index (Phi) is 3.68. The third kappa shape index (κ3) is 2.46. The van der Waals surface area contributed by atoms with E-state index in [1.165, 1.54) is 6.07 Å². The van der Waals surface area contributed by atoms with Gasteiger partial charge in [0.25, 0.3) is 11.2 Å². The molecule has 100 valence electrons. The van der Waals surface area contributed by atoms with Crippen LogP contribution in [-0.4, -0.2) is 9.91 Å². The summed E-state index contributed by atoms with van der Waals surface area (Å²) in [4.78, 5) is 24.7. The minimum atomic E-state index is -0.512. The van der Waals surface area contributed by atoms with Crippen LogP contribution in [-0.2, 0) is 0 Å². The predicted molar refractivity (Wildman–Crippen MR) is 76.3 cm³/mol. The molecule has 20 heavy (non-hydrogen) atoms. The topological polar surface area (TPSA) is 99.8 Å². The van der Waals surface area contributed by atoms with Crippen LogP contribution >= 0.6 is 15.9 Å². The average Bonchev–Trinajstić information content (AvgIpc) is 2.38. The van der Waals surface area contributed by atoms with E-state index in [4.69, 9.17) is 5.26 Å². The van der Waals surface area contributed by atoms with Gasteiger partial charge >= 0.3 is 0 Å². The van der Waals surface area contributed by atoms with Gasteiger partial charge < -0.3 is 4.98 Å². The molecule has 2 rings (SSSR count). The third-order valence-corrected chi connectivity index (χ3v) is 3.47. The monoisotopic (exact) mass is 333 g/mol. The van der Waals surface area contributed by atoms with Crippen LogP contribution < -0.4 is 5.56 Å². The summed E-state index contributed by atoms with van der Waals surface area (Å²) < 4.78 is 0.360. The first kappa shape index (κ1) is 14.0. The Hall–Kier alpha value is -2.46. The lowest BCUT2D eigenvalue weighted by atomic mass is 10.1. The molecule has 0 saturated carbocycles. The largest absolute Gasteiger partial charge is 0.321 e. The minimum Gasteiger partial charge on any atom is -0.321 e. The van der Waals surface area contributed by atoms with E-state index < -0.39 is 10.5 Å². The standard InChI is InChI=1S/C13H8BrN3O3/c1-7-4-11(16-13(18)9(7)6-15)8-2-3-10(14)12(5-8)17(19)20/h2-5H,1H3,(H,16,18). The Morgan fingerprint density at radius 3 is 2.65 bits per heavy atom. The maximum absolute atomic E-state index is 11.7. The zero-order valence-electron chi connectivity index (χ0n) is 10.3. The Labute approximate surface area is 122 Å². The minimum absolute atomic E-state index is 0.0420. The molecule has 0 atom stereocenters. The van der Waals surface area contributed by atoms with Crippen molar-refractivity contribution in [1.29, 1.82) is 5.26 Å². The summed E-state index contributed by atoms with van der Waals surface area (Å²) in [7, 11) is 0. The van der Waals surface area contributed by atoms with Crippen molar-refractivity contribution in [2.24, 2.45) is 0 Å². The zero-order valence-corrected chi connectivity index (χ0v) is 11.9. The lowest BCUT2D eigenvalue weighted by Gasteiger charge is -2.05. The van der Waals surface area contributed by atoms with E-state index in [9.17, 15) is 14.9 Å². The average molecular weight is 334 g/mol. The fraction of sp³-hybridized carbons (Fsp3) is 0.0769. The molecule has 1 aromatic carbocycles. The normalized spacial score (nSPS) is 10.1. The molecule has 0 saturated heterocycles. The van der Waals surface area contributed by atoms with Crippen molar-refractivity contribution in [2.45, 2.75) is 6.92 Å². The van der Waals surface area contributed by atoms with Crippen LogP contribution in [0.4, 0.5) is 5.69 Å². The molecule has 2 aromatic rings. The molecule has 0 radical (unpaired) electrons. The SMILES string of the molecule is Cc1cc(-c2ccc(Br)c([N+](=O)[O-])c2)[nH]c(=O)c1C#N. The molecular weight excluding hydrogens is 326 g/mol. The number of benzene rings is 1. The van der Waals surface area contributed by atoms with Crippen molar-refractivity contribution in [2.75, 3.05) is 0 Å². The number of hydrogen-bond donors (Lipinski definition) is 1. The smallest absolute Gasteiger partial charge is 0.284 e. The van der Waals surface area contributed by atoms with Gasteiger partial charge in [-0.3, -0.25) is 14.9 Å².